The Labute approximate surface area is 124 Å². The molecule has 1 aromatic heterocycles. The summed E-state index contributed by atoms with van der Waals surface area (Å²) in [6.07, 6.45) is 0. The van der Waals surface area contributed by atoms with Gasteiger partial charge in [-0.1, -0.05) is 30.3 Å². The van der Waals surface area contributed by atoms with Crippen LogP contribution in [0.5, 0.6) is 5.75 Å². The van der Waals surface area contributed by atoms with Crippen LogP contribution in [0.3, 0.4) is 0 Å². The van der Waals surface area contributed by atoms with Crippen molar-refractivity contribution in [1.29, 1.82) is 0 Å². The van der Waals surface area contributed by atoms with Crippen molar-refractivity contribution in [3.63, 3.8) is 0 Å². The van der Waals surface area contributed by atoms with Gasteiger partial charge in [0.05, 0.1) is 24.7 Å². The van der Waals surface area contributed by atoms with Crippen molar-refractivity contribution in [2.45, 2.75) is 13.5 Å². The first kappa shape index (κ1) is 14.4. The highest BCUT2D eigenvalue weighted by Crippen LogP contribution is 2.22. The van der Waals surface area contributed by atoms with E-state index in [-0.39, 0.29) is 12.4 Å². The Morgan fingerprint density at radius 3 is 2.55 bits per heavy atom. The lowest BCUT2D eigenvalue weighted by Crippen LogP contribution is -2.03. The fourth-order valence-corrected chi connectivity index (χ4v) is 2.40. The van der Waals surface area contributed by atoms with Gasteiger partial charge in [0.2, 0.25) is 0 Å². The van der Waals surface area contributed by atoms with E-state index < -0.39 is 0 Å². The summed E-state index contributed by atoms with van der Waals surface area (Å²) in [6, 6.07) is 16.3. The van der Waals surface area contributed by atoms with E-state index in [1.807, 2.05) is 43.3 Å². The lowest BCUT2D eigenvalue weighted by atomic mass is 10.2. The maximum Gasteiger partial charge on any atom is 0.123 e. The Kier molecular flexibility index (Phi) is 4.30. The molecular formula is C16H17ClN2O. The number of methoxy groups -OCH3 is 1. The van der Waals surface area contributed by atoms with E-state index in [9.17, 15) is 0 Å². The smallest absolute Gasteiger partial charge is 0.123 e. The van der Waals surface area contributed by atoms with Crippen molar-refractivity contribution in [2.75, 3.05) is 7.11 Å². The lowest BCUT2D eigenvalue weighted by Gasteiger charge is -2.11. The maximum atomic E-state index is 5.41. The third-order valence-electron chi connectivity index (χ3n) is 3.37. The highest BCUT2D eigenvalue weighted by atomic mass is 35.5. The monoisotopic (exact) mass is 288 g/mol. The molecule has 0 aliphatic rings. The minimum absolute atomic E-state index is 0. The van der Waals surface area contributed by atoms with Crippen LogP contribution in [0.15, 0.2) is 48.5 Å². The molecule has 2 aromatic carbocycles. The van der Waals surface area contributed by atoms with E-state index >= 15 is 0 Å². The molecule has 0 saturated heterocycles. The van der Waals surface area contributed by atoms with Crippen molar-refractivity contribution < 1.29 is 4.74 Å². The minimum atomic E-state index is 0. The molecule has 0 saturated carbocycles. The Balaban J connectivity index is 0.00000147. The van der Waals surface area contributed by atoms with Gasteiger partial charge in [0, 0.05) is 5.56 Å². The van der Waals surface area contributed by atoms with Gasteiger partial charge in [0.15, 0.2) is 0 Å². The Hall–Kier alpha value is -2.00. The van der Waals surface area contributed by atoms with Gasteiger partial charge in [-0.25, -0.2) is 4.98 Å². The zero-order valence-electron chi connectivity index (χ0n) is 11.5. The average Bonchev–Trinajstić information content (AvgIpc) is 2.76. The molecular weight excluding hydrogens is 272 g/mol. The largest absolute Gasteiger partial charge is 0.496 e. The molecule has 0 atom stereocenters. The second kappa shape index (κ2) is 5.97. The number of aryl methyl sites for hydroxylation is 1. The van der Waals surface area contributed by atoms with Gasteiger partial charge >= 0.3 is 0 Å². The summed E-state index contributed by atoms with van der Waals surface area (Å²) in [7, 11) is 1.71. The summed E-state index contributed by atoms with van der Waals surface area (Å²) in [5.41, 5.74) is 3.36. The number of benzene rings is 2. The fraction of sp³-hybridized carbons (Fsp3) is 0.188. The maximum absolute atomic E-state index is 5.41. The topological polar surface area (TPSA) is 27.1 Å². The molecule has 0 amide bonds. The van der Waals surface area contributed by atoms with Crippen LogP contribution in [-0.4, -0.2) is 16.7 Å². The van der Waals surface area contributed by atoms with Crippen molar-refractivity contribution >= 4 is 23.4 Å². The number of nitrogens with zero attached hydrogens (tertiary/aromatic N) is 2. The number of hydrogen-bond acceptors (Lipinski definition) is 2. The van der Waals surface area contributed by atoms with E-state index in [4.69, 9.17) is 4.74 Å². The quantitative estimate of drug-likeness (QED) is 0.732. The number of aromatic nitrogens is 2. The van der Waals surface area contributed by atoms with Crippen LogP contribution in [0.25, 0.3) is 11.0 Å². The summed E-state index contributed by atoms with van der Waals surface area (Å²) >= 11 is 0. The molecule has 0 bridgehead atoms. The van der Waals surface area contributed by atoms with Crippen LogP contribution in [0, 0.1) is 6.92 Å². The second-order valence-corrected chi connectivity index (χ2v) is 4.55. The predicted octanol–water partition coefficient (Wildman–Crippen LogP) is 3.82. The van der Waals surface area contributed by atoms with Crippen molar-refractivity contribution in [1.82, 2.24) is 9.55 Å². The molecule has 0 aliphatic carbocycles. The number of imidazole rings is 1. The summed E-state index contributed by atoms with van der Waals surface area (Å²) in [4.78, 5) is 4.59. The molecule has 3 rings (SSSR count). The van der Waals surface area contributed by atoms with Gasteiger partial charge < -0.3 is 9.30 Å². The molecule has 3 nitrogen and oxygen atoms in total. The van der Waals surface area contributed by atoms with Gasteiger partial charge in [-0.05, 0) is 25.1 Å². The summed E-state index contributed by atoms with van der Waals surface area (Å²) < 4.78 is 7.63. The highest BCUT2D eigenvalue weighted by molar-refractivity contribution is 5.85. The third-order valence-corrected chi connectivity index (χ3v) is 3.37. The van der Waals surface area contributed by atoms with Crippen LogP contribution >= 0.6 is 12.4 Å². The Morgan fingerprint density at radius 2 is 1.75 bits per heavy atom. The molecule has 104 valence electrons. The SMILES string of the molecule is COc1ccccc1Cn1c(C)nc2ccccc21.Cl. The number of fused-ring (bicyclic) bond motifs is 1. The van der Waals surface area contributed by atoms with Gasteiger partial charge in [0.25, 0.3) is 0 Å². The van der Waals surface area contributed by atoms with Gasteiger partial charge in [-0.3, -0.25) is 0 Å². The minimum Gasteiger partial charge on any atom is -0.496 e. The normalized spacial score (nSPS) is 10.3. The van der Waals surface area contributed by atoms with Gasteiger partial charge in [-0.2, -0.15) is 0 Å². The fourth-order valence-electron chi connectivity index (χ4n) is 2.40. The van der Waals surface area contributed by atoms with E-state index in [2.05, 4.69) is 21.7 Å². The molecule has 0 radical (unpaired) electrons. The summed E-state index contributed by atoms with van der Waals surface area (Å²) in [5.74, 6) is 1.94. The van der Waals surface area contributed by atoms with Gasteiger partial charge in [-0.15, -0.1) is 12.4 Å². The number of halogens is 1. The number of hydrogen-bond donors (Lipinski definition) is 0. The second-order valence-electron chi connectivity index (χ2n) is 4.55. The summed E-state index contributed by atoms with van der Waals surface area (Å²) in [6.45, 7) is 2.81. The molecule has 0 spiro atoms. The third kappa shape index (κ3) is 2.49. The number of para-hydroxylation sites is 3. The lowest BCUT2D eigenvalue weighted by molar-refractivity contribution is 0.408. The first-order valence-corrected chi connectivity index (χ1v) is 6.33. The van der Waals surface area contributed by atoms with Crippen LogP contribution in [0.1, 0.15) is 11.4 Å². The zero-order valence-corrected chi connectivity index (χ0v) is 12.4. The molecule has 0 aliphatic heterocycles. The standard InChI is InChI=1S/C16H16N2O.ClH/c1-12-17-14-8-4-5-9-15(14)18(12)11-13-7-3-6-10-16(13)19-2;/h3-10H,11H2,1-2H3;1H. The molecule has 1 heterocycles. The first-order valence-electron chi connectivity index (χ1n) is 6.33. The van der Waals surface area contributed by atoms with E-state index in [0.717, 1.165) is 34.7 Å². The molecule has 3 aromatic rings. The van der Waals surface area contributed by atoms with Crippen molar-refractivity contribution in [3.8, 4) is 5.75 Å². The van der Waals surface area contributed by atoms with Crippen LogP contribution in [-0.2, 0) is 6.54 Å². The highest BCUT2D eigenvalue weighted by Gasteiger charge is 2.09. The van der Waals surface area contributed by atoms with Crippen LogP contribution in [0.2, 0.25) is 0 Å². The first-order chi connectivity index (χ1) is 9.29. The van der Waals surface area contributed by atoms with E-state index in [1.165, 1.54) is 0 Å². The molecule has 0 N–H and O–H groups in total. The molecule has 4 heteroatoms. The molecule has 20 heavy (non-hydrogen) atoms. The van der Waals surface area contributed by atoms with E-state index in [1.54, 1.807) is 7.11 Å². The Bertz CT molecular complexity index is 721. The summed E-state index contributed by atoms with van der Waals surface area (Å²) in [5, 5.41) is 0. The number of rotatable bonds is 3. The zero-order chi connectivity index (χ0) is 13.2. The van der Waals surface area contributed by atoms with Crippen molar-refractivity contribution in [2.24, 2.45) is 0 Å². The van der Waals surface area contributed by atoms with Gasteiger partial charge in [0.1, 0.15) is 11.6 Å². The predicted molar refractivity (Wildman–Crippen MR) is 83.8 cm³/mol. The van der Waals surface area contributed by atoms with Crippen LogP contribution in [0.4, 0.5) is 0 Å². The molecule has 0 fully saturated rings. The number of ether oxygens (including phenoxy) is 1. The van der Waals surface area contributed by atoms with Crippen molar-refractivity contribution in [3.05, 3.63) is 59.9 Å². The van der Waals surface area contributed by atoms with Crippen LogP contribution < -0.4 is 4.74 Å². The van der Waals surface area contributed by atoms with E-state index in [0.29, 0.717) is 0 Å². The average molecular weight is 289 g/mol. The Morgan fingerprint density at radius 1 is 1.05 bits per heavy atom. The molecule has 0 unspecified atom stereocenters.